The molecule has 2 N–H and O–H groups in total. The van der Waals surface area contributed by atoms with E-state index < -0.39 is 0 Å². The lowest BCUT2D eigenvalue weighted by atomic mass is 9.83. The second-order valence-electron chi connectivity index (χ2n) is 6.58. The Hall–Kier alpha value is -1.58. The fraction of sp³-hybridized carbons (Fsp3) is 0.571. The van der Waals surface area contributed by atoms with E-state index in [9.17, 15) is 5.21 Å². The van der Waals surface area contributed by atoms with Crippen LogP contribution in [-0.4, -0.2) is 22.3 Å². The first-order chi connectivity index (χ1) is 8.12. The number of hydrogen-bond donors (Lipinski definition) is 2. The Morgan fingerprint density at radius 3 is 1.89 bits per heavy atom. The first-order valence-electron chi connectivity index (χ1n) is 6.00. The van der Waals surface area contributed by atoms with Gasteiger partial charge in [-0.1, -0.05) is 57.9 Å². The van der Waals surface area contributed by atoms with Crippen LogP contribution in [0.15, 0.2) is 33.1 Å². The predicted molar refractivity (Wildman–Crippen MR) is 73.5 cm³/mol. The van der Waals surface area contributed by atoms with E-state index in [4.69, 9.17) is 5.21 Å². The molecule has 4 nitrogen and oxygen atoms in total. The second-order valence-corrected chi connectivity index (χ2v) is 6.58. The molecule has 0 amide bonds. The van der Waals surface area contributed by atoms with Crippen LogP contribution in [0.1, 0.15) is 41.5 Å². The first-order valence-corrected chi connectivity index (χ1v) is 6.00. The summed E-state index contributed by atoms with van der Waals surface area (Å²) >= 11 is 0. The molecule has 1 aliphatic carbocycles. The molecule has 0 saturated heterocycles. The summed E-state index contributed by atoms with van der Waals surface area (Å²) < 4.78 is 0. The van der Waals surface area contributed by atoms with Crippen molar-refractivity contribution in [3.63, 3.8) is 0 Å². The molecule has 0 unspecified atom stereocenters. The van der Waals surface area contributed by atoms with Gasteiger partial charge in [0.15, 0.2) is 0 Å². The van der Waals surface area contributed by atoms with Crippen molar-refractivity contribution in [3.8, 4) is 0 Å². The molecule has 1 aliphatic rings. The van der Waals surface area contributed by atoms with E-state index in [1.165, 1.54) is 6.21 Å². The lowest BCUT2D eigenvalue weighted by Crippen LogP contribution is -2.18. The number of hydrogen-bond acceptors (Lipinski definition) is 4. The molecular formula is C14H22N2O2. The third-order valence-electron chi connectivity index (χ3n) is 2.99. The summed E-state index contributed by atoms with van der Waals surface area (Å²) in [7, 11) is 0. The standard InChI is InChI=1S/C14H22N2O2/c1-13(2,3)10-7-11(14(4,5)6)12(16-18)9(10)8-15-17/h7-8,17-18H,1-6H3/b15-8+,16-12+. The molecule has 18 heavy (non-hydrogen) atoms. The van der Waals surface area contributed by atoms with Crippen LogP contribution in [0, 0.1) is 10.8 Å². The molecule has 4 heteroatoms. The molecule has 0 fully saturated rings. The Morgan fingerprint density at radius 1 is 1.00 bits per heavy atom. The summed E-state index contributed by atoms with van der Waals surface area (Å²) in [4.78, 5) is 0. The minimum Gasteiger partial charge on any atom is -0.411 e. The molecule has 100 valence electrons. The van der Waals surface area contributed by atoms with E-state index in [-0.39, 0.29) is 10.8 Å². The number of oxime groups is 2. The Balaban J connectivity index is 3.47. The molecule has 0 saturated carbocycles. The van der Waals surface area contributed by atoms with Gasteiger partial charge in [-0.25, -0.2) is 0 Å². The Labute approximate surface area is 108 Å². The second kappa shape index (κ2) is 4.59. The highest BCUT2D eigenvalue weighted by atomic mass is 16.4. The van der Waals surface area contributed by atoms with Crippen molar-refractivity contribution in [2.75, 3.05) is 0 Å². The molecule has 0 bridgehead atoms. The molecule has 0 aliphatic heterocycles. The summed E-state index contributed by atoms with van der Waals surface area (Å²) in [6, 6.07) is 0. The maximum atomic E-state index is 9.25. The van der Waals surface area contributed by atoms with E-state index in [2.05, 4.69) is 51.9 Å². The lowest BCUT2D eigenvalue weighted by Gasteiger charge is -2.21. The van der Waals surface area contributed by atoms with Crippen LogP contribution in [0.2, 0.25) is 0 Å². The molecule has 0 atom stereocenters. The molecule has 0 radical (unpaired) electrons. The highest BCUT2D eigenvalue weighted by Crippen LogP contribution is 2.41. The van der Waals surface area contributed by atoms with Gasteiger partial charge in [0.1, 0.15) is 5.71 Å². The molecule has 0 aromatic heterocycles. The SMILES string of the molecule is CC(C)(C)C1=CC(C(C)(C)C)=C(/C=N/O)/C1=N\O. The molecule has 0 aromatic rings. The number of allylic oxidation sites excluding steroid dienone is 4. The van der Waals surface area contributed by atoms with Gasteiger partial charge >= 0.3 is 0 Å². The molecule has 0 aromatic carbocycles. The zero-order valence-electron chi connectivity index (χ0n) is 11.9. The zero-order chi connectivity index (χ0) is 14.1. The van der Waals surface area contributed by atoms with E-state index in [0.717, 1.165) is 11.1 Å². The monoisotopic (exact) mass is 250 g/mol. The van der Waals surface area contributed by atoms with Crippen molar-refractivity contribution in [2.24, 2.45) is 21.1 Å². The van der Waals surface area contributed by atoms with E-state index in [1.807, 2.05) is 6.08 Å². The minimum atomic E-state index is -0.136. The summed E-state index contributed by atoms with van der Waals surface area (Å²) in [5.41, 5.74) is 2.88. The highest BCUT2D eigenvalue weighted by molar-refractivity contribution is 6.27. The molecule has 0 spiro atoms. The maximum Gasteiger partial charge on any atom is 0.115 e. The highest BCUT2D eigenvalue weighted by Gasteiger charge is 2.34. The smallest absolute Gasteiger partial charge is 0.115 e. The van der Waals surface area contributed by atoms with Crippen molar-refractivity contribution in [1.82, 2.24) is 0 Å². The van der Waals surface area contributed by atoms with E-state index in [0.29, 0.717) is 11.3 Å². The van der Waals surface area contributed by atoms with Crippen LogP contribution in [0.3, 0.4) is 0 Å². The summed E-state index contributed by atoms with van der Waals surface area (Å²) in [5.74, 6) is 0. The van der Waals surface area contributed by atoms with Gasteiger partial charge in [0.25, 0.3) is 0 Å². The maximum absolute atomic E-state index is 9.25. The predicted octanol–water partition coefficient (Wildman–Crippen LogP) is 3.61. The zero-order valence-corrected chi connectivity index (χ0v) is 11.9. The summed E-state index contributed by atoms with van der Waals surface area (Å²) in [5, 5.41) is 24.5. The quantitative estimate of drug-likeness (QED) is 0.424. The minimum absolute atomic E-state index is 0.112. The molecule has 0 heterocycles. The fourth-order valence-corrected chi connectivity index (χ4v) is 2.05. The fourth-order valence-electron chi connectivity index (χ4n) is 2.05. The molecular weight excluding hydrogens is 228 g/mol. The average molecular weight is 250 g/mol. The van der Waals surface area contributed by atoms with Crippen molar-refractivity contribution in [2.45, 2.75) is 41.5 Å². The van der Waals surface area contributed by atoms with Crippen LogP contribution in [0.5, 0.6) is 0 Å². The third kappa shape index (κ3) is 2.63. The summed E-state index contributed by atoms with van der Waals surface area (Å²) in [6.45, 7) is 12.4. The lowest BCUT2D eigenvalue weighted by molar-refractivity contribution is 0.317. The van der Waals surface area contributed by atoms with Gasteiger partial charge in [0.2, 0.25) is 0 Å². The third-order valence-corrected chi connectivity index (χ3v) is 2.99. The first kappa shape index (κ1) is 14.5. The van der Waals surface area contributed by atoms with Crippen molar-refractivity contribution < 1.29 is 10.4 Å². The Kier molecular flexibility index (Phi) is 3.70. The Morgan fingerprint density at radius 2 is 1.56 bits per heavy atom. The normalized spacial score (nSPS) is 20.1. The van der Waals surface area contributed by atoms with Crippen LogP contribution in [0.4, 0.5) is 0 Å². The van der Waals surface area contributed by atoms with E-state index >= 15 is 0 Å². The largest absolute Gasteiger partial charge is 0.411 e. The van der Waals surface area contributed by atoms with Crippen molar-refractivity contribution in [1.29, 1.82) is 0 Å². The van der Waals surface area contributed by atoms with Gasteiger partial charge in [0.05, 0.1) is 6.21 Å². The number of rotatable bonds is 1. The van der Waals surface area contributed by atoms with Crippen LogP contribution < -0.4 is 0 Å². The summed E-state index contributed by atoms with van der Waals surface area (Å²) in [6.07, 6.45) is 3.37. The van der Waals surface area contributed by atoms with Crippen LogP contribution in [0.25, 0.3) is 0 Å². The number of nitrogens with zero attached hydrogens (tertiary/aromatic N) is 2. The van der Waals surface area contributed by atoms with Gasteiger partial charge in [-0.2, -0.15) is 0 Å². The Bertz CT molecular complexity index is 455. The van der Waals surface area contributed by atoms with Gasteiger partial charge in [-0.3, -0.25) is 0 Å². The van der Waals surface area contributed by atoms with Crippen LogP contribution >= 0.6 is 0 Å². The van der Waals surface area contributed by atoms with Crippen LogP contribution in [-0.2, 0) is 0 Å². The topological polar surface area (TPSA) is 65.2 Å². The average Bonchev–Trinajstić information content (AvgIpc) is 2.56. The van der Waals surface area contributed by atoms with Gasteiger partial charge in [-0.15, -0.1) is 0 Å². The van der Waals surface area contributed by atoms with E-state index in [1.54, 1.807) is 0 Å². The van der Waals surface area contributed by atoms with Crippen molar-refractivity contribution >= 4 is 11.9 Å². The molecule has 1 rings (SSSR count). The van der Waals surface area contributed by atoms with Crippen molar-refractivity contribution in [3.05, 3.63) is 22.8 Å². The van der Waals surface area contributed by atoms with Gasteiger partial charge < -0.3 is 10.4 Å². The van der Waals surface area contributed by atoms with Gasteiger partial charge in [-0.05, 0) is 22.0 Å². The van der Waals surface area contributed by atoms with Gasteiger partial charge in [0, 0.05) is 5.57 Å².